The van der Waals surface area contributed by atoms with Gasteiger partial charge in [-0.15, -0.1) is 0 Å². The molecule has 2 rings (SSSR count). The monoisotopic (exact) mass is 480 g/mol. The van der Waals surface area contributed by atoms with E-state index in [0.717, 1.165) is 25.8 Å². The van der Waals surface area contributed by atoms with Crippen molar-refractivity contribution in [1.82, 2.24) is 0 Å². The maximum Gasteiger partial charge on any atom is 0.124 e. The number of alkyl halides is 1. The summed E-state index contributed by atoms with van der Waals surface area (Å²) in [6.07, 6.45) is 0. The van der Waals surface area contributed by atoms with E-state index in [0.29, 0.717) is 11.6 Å². The molecule has 0 bridgehead atoms. The first kappa shape index (κ1) is 16.3. The van der Waals surface area contributed by atoms with E-state index in [1.54, 1.807) is 0 Å². The summed E-state index contributed by atoms with van der Waals surface area (Å²) in [6, 6.07) is 11.9. The molecule has 1 unspecified atom stereocenters. The standard InChI is InChI=1S/C15H12Br3ClO/c1-2-20-14-4-3-10(16)8-13(14)15(18)9-5-11(17)7-12(19)6-9/h3-8,15H,2H2,1H3. The maximum atomic E-state index is 6.12. The van der Waals surface area contributed by atoms with Crippen LogP contribution in [0.25, 0.3) is 0 Å². The summed E-state index contributed by atoms with van der Waals surface area (Å²) in [5, 5.41) is 0.701. The van der Waals surface area contributed by atoms with Crippen LogP contribution in [0.3, 0.4) is 0 Å². The van der Waals surface area contributed by atoms with Gasteiger partial charge in [0.1, 0.15) is 5.75 Å². The van der Waals surface area contributed by atoms with Gasteiger partial charge in [-0.2, -0.15) is 0 Å². The molecule has 2 aromatic rings. The van der Waals surface area contributed by atoms with Crippen LogP contribution >= 0.6 is 59.4 Å². The van der Waals surface area contributed by atoms with Gasteiger partial charge in [0.25, 0.3) is 0 Å². The van der Waals surface area contributed by atoms with Crippen LogP contribution < -0.4 is 4.74 Å². The van der Waals surface area contributed by atoms with Crippen molar-refractivity contribution in [2.75, 3.05) is 6.61 Å². The molecule has 0 fully saturated rings. The second-order valence-electron chi connectivity index (χ2n) is 4.18. The first-order chi connectivity index (χ1) is 9.51. The molecule has 20 heavy (non-hydrogen) atoms. The van der Waals surface area contributed by atoms with Gasteiger partial charge in [0.15, 0.2) is 0 Å². The van der Waals surface area contributed by atoms with Crippen LogP contribution in [0, 0.1) is 0 Å². The van der Waals surface area contributed by atoms with Crippen LogP contribution in [0.4, 0.5) is 0 Å². The smallest absolute Gasteiger partial charge is 0.124 e. The van der Waals surface area contributed by atoms with Crippen LogP contribution in [0.15, 0.2) is 45.3 Å². The predicted molar refractivity (Wildman–Crippen MR) is 95.2 cm³/mol. The topological polar surface area (TPSA) is 9.23 Å². The Hall–Kier alpha value is -0.0300. The van der Waals surface area contributed by atoms with Gasteiger partial charge in [0.2, 0.25) is 0 Å². The Morgan fingerprint density at radius 2 is 1.85 bits per heavy atom. The van der Waals surface area contributed by atoms with E-state index in [9.17, 15) is 0 Å². The number of hydrogen-bond acceptors (Lipinski definition) is 1. The van der Waals surface area contributed by atoms with E-state index < -0.39 is 0 Å². The summed E-state index contributed by atoms with van der Waals surface area (Å²) >= 11 is 16.8. The van der Waals surface area contributed by atoms with Gasteiger partial charge in [-0.1, -0.05) is 59.4 Å². The molecule has 0 radical (unpaired) electrons. The van der Waals surface area contributed by atoms with Crippen LogP contribution in [0.2, 0.25) is 5.02 Å². The van der Waals surface area contributed by atoms with Crippen molar-refractivity contribution in [2.24, 2.45) is 0 Å². The van der Waals surface area contributed by atoms with Gasteiger partial charge >= 0.3 is 0 Å². The summed E-state index contributed by atoms with van der Waals surface area (Å²) in [5.74, 6) is 0.869. The average Bonchev–Trinajstić information content (AvgIpc) is 2.39. The quantitative estimate of drug-likeness (QED) is 0.438. The van der Waals surface area contributed by atoms with Crippen LogP contribution in [0.5, 0.6) is 5.75 Å². The highest BCUT2D eigenvalue weighted by Gasteiger charge is 2.17. The Morgan fingerprint density at radius 1 is 1.10 bits per heavy atom. The van der Waals surface area contributed by atoms with Crippen molar-refractivity contribution < 1.29 is 4.74 Å². The van der Waals surface area contributed by atoms with Gasteiger partial charge in [-0.3, -0.25) is 0 Å². The summed E-state index contributed by atoms with van der Waals surface area (Å²) in [6.45, 7) is 2.61. The highest BCUT2D eigenvalue weighted by atomic mass is 79.9. The molecule has 0 saturated heterocycles. The number of halogens is 4. The molecule has 0 amide bonds. The fourth-order valence-electron chi connectivity index (χ4n) is 1.91. The molecular weight excluding hydrogens is 471 g/mol. The second-order valence-corrected chi connectivity index (χ2v) is 7.36. The summed E-state index contributed by atoms with van der Waals surface area (Å²) in [4.78, 5) is 0.0107. The molecule has 5 heteroatoms. The van der Waals surface area contributed by atoms with E-state index in [1.807, 2.05) is 37.3 Å². The van der Waals surface area contributed by atoms with Gasteiger partial charge in [0.05, 0.1) is 11.4 Å². The van der Waals surface area contributed by atoms with Gasteiger partial charge in [-0.05, 0) is 48.9 Å². The number of ether oxygens (including phenoxy) is 1. The molecule has 0 heterocycles. The lowest BCUT2D eigenvalue weighted by atomic mass is 10.0. The highest BCUT2D eigenvalue weighted by molar-refractivity contribution is 9.11. The summed E-state index contributed by atoms with van der Waals surface area (Å²) in [5.41, 5.74) is 2.14. The maximum absolute atomic E-state index is 6.12. The predicted octanol–water partition coefficient (Wildman–Crippen LogP) is 6.75. The number of hydrogen-bond donors (Lipinski definition) is 0. The molecule has 0 spiro atoms. The molecule has 0 aliphatic carbocycles. The summed E-state index contributed by atoms with van der Waals surface area (Å²) < 4.78 is 7.67. The zero-order valence-corrected chi connectivity index (χ0v) is 16.2. The largest absolute Gasteiger partial charge is 0.494 e. The minimum atomic E-state index is 0.0107. The van der Waals surface area contributed by atoms with Gasteiger partial charge in [-0.25, -0.2) is 0 Å². The van der Waals surface area contributed by atoms with Gasteiger partial charge < -0.3 is 4.74 Å². The van der Waals surface area contributed by atoms with Crippen molar-refractivity contribution in [2.45, 2.75) is 11.8 Å². The molecule has 1 nitrogen and oxygen atoms in total. The van der Waals surface area contributed by atoms with Gasteiger partial charge in [0, 0.05) is 19.5 Å². The molecule has 106 valence electrons. The van der Waals surface area contributed by atoms with Crippen molar-refractivity contribution >= 4 is 59.4 Å². The van der Waals surface area contributed by atoms with E-state index >= 15 is 0 Å². The minimum Gasteiger partial charge on any atom is -0.494 e. The lowest BCUT2D eigenvalue weighted by Gasteiger charge is -2.17. The lowest BCUT2D eigenvalue weighted by Crippen LogP contribution is -2.00. The Morgan fingerprint density at radius 3 is 2.50 bits per heavy atom. The zero-order valence-electron chi connectivity index (χ0n) is 10.7. The fraction of sp³-hybridized carbons (Fsp3) is 0.200. The van der Waals surface area contributed by atoms with Crippen molar-refractivity contribution in [1.29, 1.82) is 0 Å². The Kier molecular flexibility index (Phi) is 5.96. The summed E-state index contributed by atoms with van der Waals surface area (Å²) in [7, 11) is 0. The van der Waals surface area contributed by atoms with E-state index in [1.165, 1.54) is 0 Å². The highest BCUT2D eigenvalue weighted by Crippen LogP contribution is 2.39. The molecule has 0 aromatic heterocycles. The van der Waals surface area contributed by atoms with Crippen LogP contribution in [0.1, 0.15) is 22.9 Å². The van der Waals surface area contributed by atoms with Crippen molar-refractivity contribution in [3.8, 4) is 5.75 Å². The lowest BCUT2D eigenvalue weighted by molar-refractivity contribution is 0.337. The molecule has 0 aliphatic rings. The molecule has 0 N–H and O–H groups in total. The third-order valence-electron chi connectivity index (χ3n) is 2.72. The van der Waals surface area contributed by atoms with Crippen molar-refractivity contribution in [3.05, 3.63) is 61.5 Å². The molecule has 0 saturated carbocycles. The van der Waals surface area contributed by atoms with E-state index in [-0.39, 0.29) is 4.83 Å². The molecule has 2 aromatic carbocycles. The van der Waals surface area contributed by atoms with Crippen molar-refractivity contribution in [3.63, 3.8) is 0 Å². The van der Waals surface area contributed by atoms with E-state index in [4.69, 9.17) is 16.3 Å². The third kappa shape index (κ3) is 4.00. The second kappa shape index (κ2) is 7.30. The zero-order chi connectivity index (χ0) is 14.7. The van der Waals surface area contributed by atoms with Crippen LogP contribution in [-0.4, -0.2) is 6.61 Å². The molecule has 1 atom stereocenters. The molecular formula is C15H12Br3ClO. The first-order valence-corrected chi connectivity index (χ1v) is 8.91. The fourth-order valence-corrected chi connectivity index (χ4v) is 3.79. The Bertz CT molecular complexity index is 596. The number of benzene rings is 2. The Balaban J connectivity index is 2.46. The van der Waals surface area contributed by atoms with E-state index in [2.05, 4.69) is 53.9 Å². The minimum absolute atomic E-state index is 0.0107. The van der Waals surface area contributed by atoms with Crippen LogP contribution in [-0.2, 0) is 0 Å². The normalized spacial score (nSPS) is 12.2. The first-order valence-electron chi connectivity index (χ1n) is 6.03. The average molecular weight is 483 g/mol. The molecule has 0 aliphatic heterocycles. The third-order valence-corrected chi connectivity index (χ3v) is 4.91. The Labute approximate surface area is 149 Å². The number of rotatable bonds is 4. The SMILES string of the molecule is CCOc1ccc(Br)cc1C(Br)c1cc(Cl)cc(Br)c1.